The summed E-state index contributed by atoms with van der Waals surface area (Å²) in [6.07, 6.45) is 5.44. The van der Waals surface area contributed by atoms with Gasteiger partial charge in [0.15, 0.2) is 0 Å². The fourth-order valence-electron chi connectivity index (χ4n) is 3.40. The van der Waals surface area contributed by atoms with Crippen LogP contribution in [0.2, 0.25) is 0 Å². The third-order valence-corrected chi connectivity index (χ3v) is 5.36. The molecule has 3 heteroatoms. The summed E-state index contributed by atoms with van der Waals surface area (Å²) in [6.45, 7) is 0. The summed E-state index contributed by atoms with van der Waals surface area (Å²) in [5.41, 5.74) is 0. The third kappa shape index (κ3) is 2.18. The highest BCUT2D eigenvalue weighted by Gasteiger charge is 2.40. The summed E-state index contributed by atoms with van der Waals surface area (Å²) in [7, 11) is 2.22. The number of thiophene rings is 1. The zero-order valence-corrected chi connectivity index (χ0v) is 11.1. The van der Waals surface area contributed by atoms with E-state index in [0.717, 1.165) is 12.8 Å². The maximum atomic E-state index is 12.3. The molecule has 0 spiro atoms. The Balaban J connectivity index is 1.64. The Bertz CT molecular complexity index is 386. The first-order chi connectivity index (χ1) is 8.24. The Kier molecular flexibility index (Phi) is 3.05. The van der Waals surface area contributed by atoms with Crippen molar-refractivity contribution in [2.24, 2.45) is 5.92 Å². The lowest BCUT2D eigenvalue weighted by atomic mass is 9.86. The first-order valence-corrected chi connectivity index (χ1v) is 7.39. The number of rotatable bonds is 3. The van der Waals surface area contributed by atoms with Gasteiger partial charge in [-0.15, -0.1) is 11.3 Å². The summed E-state index contributed by atoms with van der Waals surface area (Å²) >= 11 is 1.70. The van der Waals surface area contributed by atoms with Crippen molar-refractivity contribution < 1.29 is 4.79 Å². The predicted octanol–water partition coefficient (Wildman–Crippen LogP) is 2.73. The van der Waals surface area contributed by atoms with Crippen LogP contribution in [0.15, 0.2) is 17.5 Å². The van der Waals surface area contributed by atoms with E-state index in [0.29, 0.717) is 30.2 Å². The summed E-state index contributed by atoms with van der Waals surface area (Å²) in [5.74, 6) is 0.795. The molecule has 0 saturated carbocycles. The van der Waals surface area contributed by atoms with Crippen molar-refractivity contribution >= 4 is 17.1 Å². The van der Waals surface area contributed by atoms with Crippen molar-refractivity contribution in [2.45, 2.75) is 44.2 Å². The van der Waals surface area contributed by atoms with Gasteiger partial charge in [0.05, 0.1) is 0 Å². The summed E-state index contributed by atoms with van der Waals surface area (Å²) in [6, 6.07) is 5.45. The van der Waals surface area contributed by atoms with Crippen LogP contribution in [0, 0.1) is 5.92 Å². The smallest absolute Gasteiger partial charge is 0.141 e. The van der Waals surface area contributed by atoms with E-state index < -0.39 is 0 Å². The number of Topliss-reactive ketones (excluding diaryl/α,β-unsaturated/α-hetero) is 1. The van der Waals surface area contributed by atoms with E-state index in [-0.39, 0.29) is 0 Å². The molecule has 2 unspecified atom stereocenters. The molecule has 0 amide bonds. The summed E-state index contributed by atoms with van der Waals surface area (Å²) in [5, 5.41) is 2.06. The van der Waals surface area contributed by atoms with Crippen LogP contribution in [0.5, 0.6) is 0 Å². The number of carbonyl (C=O) groups is 1. The molecule has 2 nitrogen and oxygen atoms in total. The van der Waals surface area contributed by atoms with Crippen LogP contribution in [0.4, 0.5) is 0 Å². The van der Waals surface area contributed by atoms with Gasteiger partial charge in [0.25, 0.3) is 0 Å². The Morgan fingerprint density at radius 1 is 1.41 bits per heavy atom. The van der Waals surface area contributed by atoms with Crippen molar-refractivity contribution in [3.8, 4) is 0 Å². The second kappa shape index (κ2) is 4.54. The predicted molar refractivity (Wildman–Crippen MR) is 70.3 cm³/mol. The van der Waals surface area contributed by atoms with E-state index in [4.69, 9.17) is 0 Å². The average molecular weight is 249 g/mol. The van der Waals surface area contributed by atoms with Crippen molar-refractivity contribution in [3.05, 3.63) is 22.4 Å². The molecule has 3 heterocycles. The minimum absolute atomic E-state index is 0.325. The van der Waals surface area contributed by atoms with E-state index in [2.05, 4.69) is 23.4 Å². The van der Waals surface area contributed by atoms with Gasteiger partial charge in [-0.3, -0.25) is 4.79 Å². The Labute approximate surface area is 107 Å². The molecule has 2 aliphatic heterocycles. The number of nitrogens with zero attached hydrogens (tertiary/aromatic N) is 1. The van der Waals surface area contributed by atoms with Crippen LogP contribution in [0.3, 0.4) is 0 Å². The molecule has 0 radical (unpaired) electrons. The Morgan fingerprint density at radius 2 is 2.12 bits per heavy atom. The maximum absolute atomic E-state index is 12.3. The molecule has 2 atom stereocenters. The average Bonchev–Trinajstić information content (AvgIpc) is 2.86. The lowest BCUT2D eigenvalue weighted by Crippen LogP contribution is -2.42. The minimum atomic E-state index is 0.325. The van der Waals surface area contributed by atoms with Crippen LogP contribution < -0.4 is 0 Å². The number of fused-ring (bicyclic) bond motifs is 2. The van der Waals surface area contributed by atoms with Crippen molar-refractivity contribution in [1.82, 2.24) is 4.90 Å². The van der Waals surface area contributed by atoms with Crippen LogP contribution in [0.1, 0.15) is 30.6 Å². The fraction of sp³-hybridized carbons (Fsp3) is 0.643. The Hall–Kier alpha value is -0.670. The number of piperidine rings is 1. The maximum Gasteiger partial charge on any atom is 0.141 e. The zero-order chi connectivity index (χ0) is 11.8. The number of carbonyl (C=O) groups excluding carboxylic acids is 1. The number of ketones is 1. The van der Waals surface area contributed by atoms with Crippen molar-refractivity contribution in [3.63, 3.8) is 0 Å². The van der Waals surface area contributed by atoms with Gasteiger partial charge in [0, 0.05) is 29.3 Å². The highest BCUT2D eigenvalue weighted by Crippen LogP contribution is 2.38. The van der Waals surface area contributed by atoms with Gasteiger partial charge in [-0.1, -0.05) is 6.07 Å². The lowest BCUT2D eigenvalue weighted by molar-refractivity contribution is -0.124. The molecule has 2 saturated heterocycles. The monoisotopic (exact) mass is 249 g/mol. The largest absolute Gasteiger partial charge is 0.300 e. The molecule has 2 bridgehead atoms. The number of hydrogen-bond acceptors (Lipinski definition) is 3. The van der Waals surface area contributed by atoms with Crippen LogP contribution in [0.25, 0.3) is 0 Å². The van der Waals surface area contributed by atoms with Gasteiger partial charge in [0.2, 0.25) is 0 Å². The van der Waals surface area contributed by atoms with E-state index >= 15 is 0 Å². The highest BCUT2D eigenvalue weighted by atomic mass is 32.1. The highest BCUT2D eigenvalue weighted by molar-refractivity contribution is 7.10. The van der Waals surface area contributed by atoms with Crippen LogP contribution in [-0.2, 0) is 11.2 Å². The molecular formula is C14H19NOS. The fourth-order valence-corrected chi connectivity index (χ4v) is 4.12. The van der Waals surface area contributed by atoms with E-state index in [1.165, 1.54) is 17.7 Å². The first kappa shape index (κ1) is 11.4. The van der Waals surface area contributed by atoms with Gasteiger partial charge >= 0.3 is 0 Å². The van der Waals surface area contributed by atoms with E-state index in [1.54, 1.807) is 11.3 Å². The quantitative estimate of drug-likeness (QED) is 0.821. The molecule has 1 aromatic rings. The van der Waals surface area contributed by atoms with E-state index in [9.17, 15) is 4.79 Å². The van der Waals surface area contributed by atoms with Gasteiger partial charge < -0.3 is 4.90 Å². The molecule has 0 N–H and O–H groups in total. The SMILES string of the molecule is CN1C2CCC1CC(C(=O)Cc1cccs1)C2. The van der Waals surface area contributed by atoms with Crippen molar-refractivity contribution in [2.75, 3.05) is 7.05 Å². The second-order valence-electron chi connectivity index (χ2n) is 5.44. The summed E-state index contributed by atoms with van der Waals surface area (Å²) in [4.78, 5) is 16.0. The first-order valence-electron chi connectivity index (χ1n) is 6.51. The molecule has 17 heavy (non-hydrogen) atoms. The minimum Gasteiger partial charge on any atom is -0.300 e. The lowest BCUT2D eigenvalue weighted by Gasteiger charge is -2.35. The van der Waals surface area contributed by atoms with Crippen molar-refractivity contribution in [1.29, 1.82) is 0 Å². The topological polar surface area (TPSA) is 20.3 Å². The molecular weight excluding hydrogens is 230 g/mol. The van der Waals surface area contributed by atoms with Gasteiger partial charge in [-0.25, -0.2) is 0 Å². The second-order valence-corrected chi connectivity index (χ2v) is 6.47. The Morgan fingerprint density at radius 3 is 2.71 bits per heavy atom. The third-order valence-electron chi connectivity index (χ3n) is 4.48. The summed E-state index contributed by atoms with van der Waals surface area (Å²) < 4.78 is 0. The zero-order valence-electron chi connectivity index (χ0n) is 10.3. The van der Waals surface area contributed by atoms with Crippen LogP contribution >= 0.6 is 11.3 Å². The standard InChI is InChI=1S/C14H19NOS/c1-15-11-4-5-12(15)8-10(7-11)14(16)9-13-3-2-6-17-13/h2-3,6,10-12H,4-5,7-9H2,1H3. The van der Waals surface area contributed by atoms with Gasteiger partial charge in [0.1, 0.15) is 5.78 Å². The van der Waals surface area contributed by atoms with Crippen LogP contribution in [-0.4, -0.2) is 29.8 Å². The molecule has 0 aliphatic carbocycles. The molecule has 3 rings (SSSR count). The van der Waals surface area contributed by atoms with Gasteiger partial charge in [-0.2, -0.15) is 0 Å². The molecule has 0 aromatic carbocycles. The normalized spacial score (nSPS) is 32.9. The number of hydrogen-bond donors (Lipinski definition) is 0. The van der Waals surface area contributed by atoms with E-state index in [1.807, 2.05) is 6.07 Å². The molecule has 2 fully saturated rings. The molecule has 1 aromatic heterocycles. The molecule has 2 aliphatic rings. The molecule has 92 valence electrons. The van der Waals surface area contributed by atoms with Gasteiger partial charge in [-0.05, 0) is 44.2 Å².